The van der Waals surface area contributed by atoms with Crippen molar-refractivity contribution in [3.63, 3.8) is 0 Å². The molecule has 0 spiro atoms. The molecule has 6 heteroatoms. The van der Waals surface area contributed by atoms with E-state index in [1.54, 1.807) is 0 Å². The molecule has 0 unspecified atom stereocenters. The van der Waals surface area contributed by atoms with E-state index in [0.29, 0.717) is 11.5 Å². The molecule has 1 saturated heterocycles. The van der Waals surface area contributed by atoms with Crippen LogP contribution in [0.15, 0.2) is 41.3 Å². The van der Waals surface area contributed by atoms with E-state index in [1.807, 2.05) is 45.0 Å². The van der Waals surface area contributed by atoms with E-state index in [4.69, 9.17) is 9.47 Å². The number of aryl methyl sites for hydroxylation is 2. The van der Waals surface area contributed by atoms with Crippen molar-refractivity contribution < 1.29 is 19.1 Å². The zero-order valence-electron chi connectivity index (χ0n) is 22.6. The SMILES string of the molecule is CCOc1ccc(C23CC4CC(CC(C4)C2)C3)cc1/C=C1\SC(=O)N(CCOc2cc(C)ccc2C)C1=O. The van der Waals surface area contributed by atoms with E-state index in [1.165, 1.54) is 49.0 Å². The second-order valence-corrected chi connectivity index (χ2v) is 12.8. The summed E-state index contributed by atoms with van der Waals surface area (Å²) in [6, 6.07) is 12.6. The fraction of sp³-hybridized carbons (Fsp3) is 0.500. The molecule has 0 radical (unpaired) electrons. The molecule has 2 amide bonds. The lowest BCUT2D eigenvalue weighted by Crippen LogP contribution is -2.48. The van der Waals surface area contributed by atoms with Gasteiger partial charge < -0.3 is 9.47 Å². The average molecular weight is 532 g/mol. The predicted molar refractivity (Wildman–Crippen MR) is 152 cm³/mol. The highest BCUT2D eigenvalue weighted by Crippen LogP contribution is 2.61. The Morgan fingerprint density at radius 3 is 2.34 bits per heavy atom. The summed E-state index contributed by atoms with van der Waals surface area (Å²) in [4.78, 5) is 27.8. The number of carbonyl (C=O) groups is 2. The zero-order valence-corrected chi connectivity index (χ0v) is 23.4. The molecule has 38 heavy (non-hydrogen) atoms. The Balaban J connectivity index is 1.22. The van der Waals surface area contributed by atoms with Gasteiger partial charge in [-0.2, -0.15) is 0 Å². The van der Waals surface area contributed by atoms with Gasteiger partial charge >= 0.3 is 0 Å². The molecule has 5 nitrogen and oxygen atoms in total. The largest absolute Gasteiger partial charge is 0.493 e. The van der Waals surface area contributed by atoms with Gasteiger partial charge in [0.05, 0.1) is 18.1 Å². The number of nitrogens with zero attached hydrogens (tertiary/aromatic N) is 1. The summed E-state index contributed by atoms with van der Waals surface area (Å²) in [5.41, 5.74) is 4.68. The minimum Gasteiger partial charge on any atom is -0.493 e. The van der Waals surface area contributed by atoms with E-state index in [-0.39, 0.29) is 29.7 Å². The number of ether oxygens (including phenoxy) is 2. The molecule has 0 N–H and O–H groups in total. The summed E-state index contributed by atoms with van der Waals surface area (Å²) in [6.07, 6.45) is 9.93. The summed E-state index contributed by atoms with van der Waals surface area (Å²) >= 11 is 1.01. The lowest BCUT2D eigenvalue weighted by atomic mass is 9.48. The first-order valence-electron chi connectivity index (χ1n) is 14.1. The van der Waals surface area contributed by atoms with Gasteiger partial charge in [0.2, 0.25) is 0 Å². The van der Waals surface area contributed by atoms with E-state index in [0.717, 1.165) is 57.7 Å². The van der Waals surface area contributed by atoms with E-state index in [9.17, 15) is 9.59 Å². The summed E-state index contributed by atoms with van der Waals surface area (Å²) in [5, 5.41) is -0.249. The fourth-order valence-electron chi connectivity index (χ4n) is 7.69. The third-order valence-corrected chi connectivity index (χ3v) is 9.94. The molecule has 4 bridgehead atoms. The van der Waals surface area contributed by atoms with Crippen LogP contribution in [0.3, 0.4) is 0 Å². The van der Waals surface area contributed by atoms with Crippen LogP contribution in [0.5, 0.6) is 11.5 Å². The Labute approximate surface area is 230 Å². The van der Waals surface area contributed by atoms with Crippen LogP contribution >= 0.6 is 11.8 Å². The maximum absolute atomic E-state index is 13.3. The Bertz CT molecular complexity index is 1260. The quantitative estimate of drug-likeness (QED) is 0.335. The lowest BCUT2D eigenvalue weighted by molar-refractivity contribution is -0.123. The van der Waals surface area contributed by atoms with E-state index < -0.39 is 0 Å². The molecule has 4 aliphatic carbocycles. The number of carbonyl (C=O) groups excluding carboxylic acids is 2. The summed E-state index contributed by atoms with van der Waals surface area (Å²) < 4.78 is 11.9. The van der Waals surface area contributed by atoms with Crippen LogP contribution in [0, 0.1) is 31.6 Å². The van der Waals surface area contributed by atoms with Crippen LogP contribution in [0.1, 0.15) is 67.7 Å². The normalized spacial score (nSPS) is 29.0. The molecule has 0 aromatic heterocycles. The first-order chi connectivity index (χ1) is 18.3. The lowest BCUT2D eigenvalue weighted by Gasteiger charge is -2.57. The second kappa shape index (κ2) is 10.1. The number of hydrogen-bond acceptors (Lipinski definition) is 5. The van der Waals surface area contributed by atoms with Crippen LogP contribution < -0.4 is 9.47 Å². The van der Waals surface area contributed by atoms with Crippen molar-refractivity contribution in [2.75, 3.05) is 19.8 Å². The van der Waals surface area contributed by atoms with Gasteiger partial charge in [-0.1, -0.05) is 18.2 Å². The predicted octanol–water partition coefficient (Wildman–Crippen LogP) is 7.29. The van der Waals surface area contributed by atoms with Gasteiger partial charge in [-0.3, -0.25) is 14.5 Å². The number of rotatable bonds is 8. The standard InChI is InChI=1S/C32H37NO4S/c1-4-36-27-8-7-26(32-17-22-12-23(18-32)14-24(13-22)19-32)15-25(27)16-29-30(34)33(31(35)38-29)9-10-37-28-11-20(2)5-6-21(28)3/h5-8,11,15-16,22-24H,4,9-10,12-14,17-19H2,1-3H3/b29-16-. The number of imide groups is 1. The Morgan fingerprint density at radius 1 is 0.947 bits per heavy atom. The minimum absolute atomic E-state index is 0.223. The molecular formula is C32H37NO4S. The molecule has 7 rings (SSSR count). The van der Waals surface area contributed by atoms with Gasteiger partial charge in [0.25, 0.3) is 11.1 Å². The first-order valence-corrected chi connectivity index (χ1v) is 14.9. The van der Waals surface area contributed by atoms with Crippen molar-refractivity contribution in [2.24, 2.45) is 17.8 Å². The Morgan fingerprint density at radius 2 is 1.66 bits per heavy atom. The van der Waals surface area contributed by atoms with Gasteiger partial charge in [0, 0.05) is 5.56 Å². The average Bonchev–Trinajstić information content (AvgIpc) is 3.13. The highest BCUT2D eigenvalue weighted by atomic mass is 32.2. The van der Waals surface area contributed by atoms with Crippen molar-refractivity contribution in [1.29, 1.82) is 0 Å². The van der Waals surface area contributed by atoms with E-state index in [2.05, 4.69) is 18.2 Å². The fourth-order valence-corrected chi connectivity index (χ4v) is 8.54. The highest BCUT2D eigenvalue weighted by molar-refractivity contribution is 8.18. The smallest absolute Gasteiger partial charge is 0.293 e. The summed E-state index contributed by atoms with van der Waals surface area (Å²) in [7, 11) is 0. The molecule has 5 aliphatic rings. The van der Waals surface area contributed by atoms with Crippen LogP contribution in [0.4, 0.5) is 4.79 Å². The van der Waals surface area contributed by atoms with Gasteiger partial charge in [-0.25, -0.2) is 0 Å². The molecule has 1 heterocycles. The van der Waals surface area contributed by atoms with Crippen LogP contribution in [-0.2, 0) is 10.2 Å². The molecule has 0 atom stereocenters. The van der Waals surface area contributed by atoms with Crippen molar-refractivity contribution in [1.82, 2.24) is 4.90 Å². The zero-order chi connectivity index (χ0) is 26.4. The monoisotopic (exact) mass is 531 g/mol. The van der Waals surface area contributed by atoms with Crippen molar-refractivity contribution in [2.45, 2.75) is 64.7 Å². The maximum Gasteiger partial charge on any atom is 0.293 e. The van der Waals surface area contributed by atoms with Crippen molar-refractivity contribution in [3.8, 4) is 11.5 Å². The molecule has 2 aromatic rings. The van der Waals surface area contributed by atoms with E-state index >= 15 is 0 Å². The molecule has 5 fully saturated rings. The van der Waals surface area contributed by atoms with Gasteiger partial charge in [0.15, 0.2) is 0 Å². The molecule has 200 valence electrons. The van der Waals surface area contributed by atoms with Crippen LogP contribution in [0.2, 0.25) is 0 Å². The second-order valence-electron chi connectivity index (χ2n) is 11.8. The van der Waals surface area contributed by atoms with Crippen LogP contribution in [-0.4, -0.2) is 35.8 Å². The van der Waals surface area contributed by atoms with Crippen LogP contribution in [0.25, 0.3) is 6.08 Å². The Hall–Kier alpha value is -2.73. The summed E-state index contributed by atoms with van der Waals surface area (Å²) in [5.74, 6) is 3.88. The third-order valence-electron chi connectivity index (χ3n) is 9.04. The highest BCUT2D eigenvalue weighted by Gasteiger charge is 2.51. The first kappa shape index (κ1) is 25.5. The van der Waals surface area contributed by atoms with Gasteiger partial charge in [0.1, 0.15) is 18.1 Å². The van der Waals surface area contributed by atoms with Crippen molar-refractivity contribution >= 4 is 29.0 Å². The number of hydrogen-bond donors (Lipinski definition) is 0. The van der Waals surface area contributed by atoms with Gasteiger partial charge in [-0.15, -0.1) is 0 Å². The number of benzene rings is 2. The molecular weight excluding hydrogens is 494 g/mol. The Kier molecular flexibility index (Phi) is 6.79. The summed E-state index contributed by atoms with van der Waals surface area (Å²) in [6.45, 7) is 7.02. The van der Waals surface area contributed by atoms with Crippen molar-refractivity contribution in [3.05, 3.63) is 63.6 Å². The number of amides is 2. The van der Waals surface area contributed by atoms with Gasteiger partial charge in [-0.05, 0) is 135 Å². The molecule has 2 aromatic carbocycles. The molecule has 4 saturated carbocycles. The number of thioether (sulfide) groups is 1. The molecule has 1 aliphatic heterocycles. The topological polar surface area (TPSA) is 55.8 Å². The maximum atomic E-state index is 13.3. The minimum atomic E-state index is -0.257. The third kappa shape index (κ3) is 4.76.